The zero-order chi connectivity index (χ0) is 28.2. The minimum atomic E-state index is -3.06. The van der Waals surface area contributed by atoms with Gasteiger partial charge in [-0.15, -0.1) is 11.8 Å². The van der Waals surface area contributed by atoms with Gasteiger partial charge in [0.25, 0.3) is 5.91 Å². The number of alkyl halides is 2. The summed E-state index contributed by atoms with van der Waals surface area (Å²) in [5.41, 5.74) is 1.23. The van der Waals surface area contributed by atoms with Gasteiger partial charge < -0.3 is 19.9 Å². The number of likely N-dealkylation sites (N-methyl/N-ethyl adjacent to an activating group) is 1. The van der Waals surface area contributed by atoms with Crippen molar-refractivity contribution in [1.82, 2.24) is 34.2 Å². The lowest BCUT2D eigenvalue weighted by atomic mass is 10.1. The molecule has 11 nitrogen and oxygen atoms in total. The van der Waals surface area contributed by atoms with Gasteiger partial charge in [0.15, 0.2) is 5.65 Å². The summed E-state index contributed by atoms with van der Waals surface area (Å²) >= 11 is 1.41. The number of hydrogen-bond donors (Lipinski definition) is 1. The van der Waals surface area contributed by atoms with E-state index in [1.165, 1.54) is 39.4 Å². The molecule has 0 spiro atoms. The van der Waals surface area contributed by atoms with Crippen molar-refractivity contribution in [2.75, 3.05) is 44.3 Å². The van der Waals surface area contributed by atoms with Gasteiger partial charge >= 0.3 is 6.61 Å². The molecule has 0 atom stereocenters. The topological polar surface area (TPSA) is 110 Å². The van der Waals surface area contributed by atoms with Crippen molar-refractivity contribution in [3.63, 3.8) is 0 Å². The SMILES string of the molecule is CCN1CCN(C(=O)Cn2cc(NC(=O)c3cnn4cccnc34)c(-c3cc(SC)ccc3OC(F)F)n2)CC1. The molecule has 4 heterocycles. The Kier molecular flexibility index (Phi) is 8.26. The Labute approximate surface area is 233 Å². The number of nitrogens with one attached hydrogen (secondary N) is 1. The van der Waals surface area contributed by atoms with E-state index in [4.69, 9.17) is 4.74 Å². The monoisotopic (exact) mass is 570 g/mol. The number of hydrogen-bond acceptors (Lipinski definition) is 8. The molecule has 210 valence electrons. The molecule has 0 radical (unpaired) electrons. The summed E-state index contributed by atoms with van der Waals surface area (Å²) < 4.78 is 34.2. The number of aromatic nitrogens is 5. The van der Waals surface area contributed by atoms with E-state index in [2.05, 4.69) is 32.3 Å². The Morgan fingerprint density at radius 1 is 1.20 bits per heavy atom. The largest absolute Gasteiger partial charge is 0.434 e. The number of fused-ring (bicyclic) bond motifs is 1. The molecule has 2 amide bonds. The second-order valence-corrected chi connectivity index (χ2v) is 9.92. The van der Waals surface area contributed by atoms with Crippen LogP contribution < -0.4 is 10.1 Å². The molecule has 1 aromatic carbocycles. The predicted octanol–water partition coefficient (Wildman–Crippen LogP) is 3.33. The number of rotatable bonds is 9. The van der Waals surface area contributed by atoms with Crippen molar-refractivity contribution < 1.29 is 23.1 Å². The van der Waals surface area contributed by atoms with Crippen molar-refractivity contribution >= 4 is 34.9 Å². The Balaban J connectivity index is 1.49. The highest BCUT2D eigenvalue weighted by Gasteiger charge is 2.25. The third-order valence-corrected chi connectivity index (χ3v) is 7.39. The van der Waals surface area contributed by atoms with Crippen molar-refractivity contribution in [1.29, 1.82) is 0 Å². The molecular weight excluding hydrogens is 542 g/mol. The van der Waals surface area contributed by atoms with Gasteiger partial charge in [-0.05, 0) is 37.1 Å². The predicted molar refractivity (Wildman–Crippen MR) is 146 cm³/mol. The lowest BCUT2D eigenvalue weighted by Crippen LogP contribution is -2.49. The molecule has 5 rings (SSSR count). The van der Waals surface area contributed by atoms with Gasteiger partial charge in [-0.2, -0.15) is 19.0 Å². The quantitative estimate of drug-likeness (QED) is 0.305. The molecule has 3 aromatic heterocycles. The number of anilines is 1. The smallest absolute Gasteiger partial charge is 0.387 e. The van der Waals surface area contributed by atoms with Gasteiger partial charge in [0, 0.05) is 55.2 Å². The minimum Gasteiger partial charge on any atom is -0.434 e. The first-order chi connectivity index (χ1) is 19.4. The van der Waals surface area contributed by atoms with Gasteiger partial charge in [0.05, 0.1) is 11.9 Å². The van der Waals surface area contributed by atoms with Crippen LogP contribution in [0.3, 0.4) is 0 Å². The normalized spacial score (nSPS) is 14.2. The summed E-state index contributed by atoms with van der Waals surface area (Å²) in [7, 11) is 0. The minimum absolute atomic E-state index is 0.0828. The maximum atomic E-state index is 13.3. The lowest BCUT2D eigenvalue weighted by Gasteiger charge is -2.34. The first kappa shape index (κ1) is 27.5. The van der Waals surface area contributed by atoms with Crippen molar-refractivity contribution in [3.05, 3.63) is 54.6 Å². The Bertz CT molecular complexity index is 1520. The summed E-state index contributed by atoms with van der Waals surface area (Å²) in [6.07, 6.45) is 7.97. The fourth-order valence-electron chi connectivity index (χ4n) is 4.54. The first-order valence-corrected chi connectivity index (χ1v) is 13.9. The first-order valence-electron chi connectivity index (χ1n) is 12.7. The van der Waals surface area contributed by atoms with Crippen LogP contribution in [0.25, 0.3) is 16.9 Å². The highest BCUT2D eigenvalue weighted by atomic mass is 32.2. The molecule has 0 unspecified atom stereocenters. The van der Waals surface area contributed by atoms with E-state index in [1.54, 1.807) is 35.5 Å². The van der Waals surface area contributed by atoms with Crippen LogP contribution in [0, 0.1) is 0 Å². The summed E-state index contributed by atoms with van der Waals surface area (Å²) in [6.45, 7) is 2.65. The molecule has 4 aromatic rings. The molecule has 1 aliphatic rings. The molecule has 1 fully saturated rings. The summed E-state index contributed by atoms with van der Waals surface area (Å²) in [4.78, 5) is 35.5. The van der Waals surface area contributed by atoms with E-state index in [9.17, 15) is 18.4 Å². The second-order valence-electron chi connectivity index (χ2n) is 9.04. The number of halogens is 2. The Hall–Kier alpha value is -4.04. The van der Waals surface area contributed by atoms with Crippen LogP contribution in [0.15, 0.2) is 53.9 Å². The van der Waals surface area contributed by atoms with Crippen LogP contribution in [0.5, 0.6) is 5.75 Å². The molecule has 0 bridgehead atoms. The Morgan fingerprint density at radius 2 is 2.00 bits per heavy atom. The molecule has 0 aliphatic carbocycles. The third-order valence-electron chi connectivity index (χ3n) is 6.66. The summed E-state index contributed by atoms with van der Waals surface area (Å²) in [5.74, 6) is -0.751. The summed E-state index contributed by atoms with van der Waals surface area (Å²) in [6, 6.07) is 6.44. The second kappa shape index (κ2) is 12.0. The lowest BCUT2D eigenvalue weighted by molar-refractivity contribution is -0.133. The molecule has 40 heavy (non-hydrogen) atoms. The van der Waals surface area contributed by atoms with Gasteiger partial charge in [0.1, 0.15) is 23.6 Å². The van der Waals surface area contributed by atoms with E-state index in [1.807, 2.05) is 6.26 Å². The number of ether oxygens (including phenoxy) is 1. The van der Waals surface area contributed by atoms with Crippen molar-refractivity contribution in [2.45, 2.75) is 25.0 Å². The van der Waals surface area contributed by atoms with E-state index < -0.39 is 12.5 Å². The number of piperazine rings is 1. The highest BCUT2D eigenvalue weighted by Crippen LogP contribution is 2.37. The molecule has 0 saturated carbocycles. The fourth-order valence-corrected chi connectivity index (χ4v) is 4.98. The van der Waals surface area contributed by atoms with Crippen molar-refractivity contribution in [3.8, 4) is 17.0 Å². The average Bonchev–Trinajstić information content (AvgIpc) is 3.57. The van der Waals surface area contributed by atoms with Gasteiger partial charge in [-0.1, -0.05) is 6.92 Å². The molecule has 1 saturated heterocycles. The molecule has 14 heteroatoms. The number of amides is 2. The number of carbonyl (C=O) groups excluding carboxylic acids is 2. The standard InChI is InChI=1S/C26H28F2N8O3S/c1-3-33-9-11-34(12-10-33)22(37)16-35-15-20(31-25(38)19-14-30-36-8-4-7-29-24(19)36)23(32-35)18-13-17(40-2)5-6-21(18)39-26(27)28/h4-8,13-15,26H,3,9-12,16H2,1-2H3,(H,31,38). The van der Waals surface area contributed by atoms with E-state index in [-0.39, 0.29) is 40.7 Å². The third kappa shape index (κ3) is 5.92. The van der Waals surface area contributed by atoms with E-state index in [0.29, 0.717) is 18.7 Å². The van der Waals surface area contributed by atoms with Crippen molar-refractivity contribution in [2.24, 2.45) is 0 Å². The van der Waals surface area contributed by atoms with E-state index in [0.717, 1.165) is 24.5 Å². The fraction of sp³-hybridized carbons (Fsp3) is 0.346. The van der Waals surface area contributed by atoms with Crippen LogP contribution in [0.4, 0.5) is 14.5 Å². The number of benzene rings is 1. The van der Waals surface area contributed by atoms with Crippen LogP contribution >= 0.6 is 11.8 Å². The van der Waals surface area contributed by atoms with E-state index >= 15 is 0 Å². The Morgan fingerprint density at radius 3 is 2.73 bits per heavy atom. The number of thioether (sulfide) groups is 1. The maximum Gasteiger partial charge on any atom is 0.387 e. The van der Waals surface area contributed by atoms with Gasteiger partial charge in [-0.25, -0.2) is 9.50 Å². The number of nitrogens with zero attached hydrogens (tertiary/aromatic N) is 7. The highest BCUT2D eigenvalue weighted by molar-refractivity contribution is 7.98. The van der Waals surface area contributed by atoms with Crippen LogP contribution in [-0.4, -0.2) is 91.6 Å². The molecule has 1 N–H and O–H groups in total. The van der Waals surface area contributed by atoms with Gasteiger partial charge in [0.2, 0.25) is 5.91 Å². The molecular formula is C26H28F2N8O3S. The maximum absolute atomic E-state index is 13.3. The summed E-state index contributed by atoms with van der Waals surface area (Å²) in [5, 5.41) is 11.5. The zero-order valence-corrected chi connectivity index (χ0v) is 22.8. The van der Waals surface area contributed by atoms with Gasteiger partial charge in [-0.3, -0.25) is 14.3 Å². The molecule has 1 aliphatic heterocycles. The van der Waals surface area contributed by atoms with Crippen LogP contribution in [-0.2, 0) is 11.3 Å². The zero-order valence-electron chi connectivity index (χ0n) is 22.0. The van der Waals surface area contributed by atoms with Crippen LogP contribution in [0.2, 0.25) is 0 Å². The van der Waals surface area contributed by atoms with Crippen LogP contribution in [0.1, 0.15) is 17.3 Å². The average molecular weight is 571 g/mol. The number of carbonyl (C=O) groups is 2.